The number of methoxy groups -OCH3 is 1. The van der Waals surface area contributed by atoms with Crippen molar-refractivity contribution in [1.29, 1.82) is 0 Å². The molecule has 1 heterocycles. The molecule has 8 heteroatoms. The zero-order valence-corrected chi connectivity index (χ0v) is 19.8. The molecule has 0 bridgehead atoms. The predicted molar refractivity (Wildman–Crippen MR) is 126 cm³/mol. The Bertz CT molecular complexity index is 691. The van der Waals surface area contributed by atoms with Gasteiger partial charge in [0.15, 0.2) is 5.96 Å². The van der Waals surface area contributed by atoms with Gasteiger partial charge in [0.1, 0.15) is 17.1 Å². The largest absolute Gasteiger partial charge is 0.497 e. The van der Waals surface area contributed by atoms with Gasteiger partial charge in [-0.3, -0.25) is 0 Å². The van der Waals surface area contributed by atoms with E-state index in [2.05, 4.69) is 15.6 Å². The van der Waals surface area contributed by atoms with Crippen LogP contribution in [-0.4, -0.2) is 44.4 Å². The minimum absolute atomic E-state index is 0. The molecule has 0 radical (unpaired) electrons. The maximum atomic E-state index is 10.6. The molecular formula is C20H30IN3O3S. The Labute approximate surface area is 188 Å². The number of aliphatic imine (C=N–C) groups is 1. The highest BCUT2D eigenvalue weighted by Gasteiger charge is 2.23. The highest BCUT2D eigenvalue weighted by Crippen LogP contribution is 2.25. The van der Waals surface area contributed by atoms with Crippen molar-refractivity contribution in [3.8, 4) is 11.5 Å². The zero-order chi connectivity index (χ0) is 19.5. The molecule has 2 rings (SSSR count). The first-order chi connectivity index (χ1) is 13.0. The van der Waals surface area contributed by atoms with Crippen molar-refractivity contribution in [2.75, 3.05) is 33.4 Å². The van der Waals surface area contributed by atoms with Crippen LogP contribution in [0.25, 0.3) is 0 Å². The van der Waals surface area contributed by atoms with Crippen LogP contribution in [0.15, 0.2) is 46.8 Å². The molecule has 1 unspecified atom stereocenters. The maximum absolute atomic E-state index is 10.6. The van der Waals surface area contributed by atoms with E-state index in [1.54, 1.807) is 14.0 Å². The van der Waals surface area contributed by atoms with E-state index in [-0.39, 0.29) is 24.0 Å². The summed E-state index contributed by atoms with van der Waals surface area (Å²) in [5.41, 5.74) is -0.964. The molecule has 0 aliphatic carbocycles. The standard InChI is InChI=1S/C20H29N3O3S.HI/c1-4-21-19(23-15-20(2,24)18-7-5-14-27-18)22-12-6-13-26-17-10-8-16(25-3)9-11-17;/h5,7-11,14,24H,4,6,12-13,15H2,1-3H3,(H2,21,22,23);1H. The van der Waals surface area contributed by atoms with Crippen LogP contribution >= 0.6 is 35.3 Å². The van der Waals surface area contributed by atoms with E-state index in [1.807, 2.05) is 48.7 Å². The van der Waals surface area contributed by atoms with Gasteiger partial charge in [-0.05, 0) is 56.0 Å². The average molecular weight is 519 g/mol. The lowest BCUT2D eigenvalue weighted by molar-refractivity contribution is 0.0711. The monoisotopic (exact) mass is 519 g/mol. The van der Waals surface area contributed by atoms with Crippen molar-refractivity contribution in [3.63, 3.8) is 0 Å². The average Bonchev–Trinajstić information content (AvgIpc) is 3.22. The molecule has 28 heavy (non-hydrogen) atoms. The molecule has 3 N–H and O–H groups in total. The number of ether oxygens (including phenoxy) is 2. The van der Waals surface area contributed by atoms with Crippen molar-refractivity contribution in [2.45, 2.75) is 25.9 Å². The number of rotatable bonds is 10. The van der Waals surface area contributed by atoms with Crippen LogP contribution in [0.3, 0.4) is 0 Å². The summed E-state index contributed by atoms with van der Waals surface area (Å²) in [7, 11) is 1.64. The van der Waals surface area contributed by atoms with E-state index >= 15 is 0 Å². The number of thiophene rings is 1. The normalized spacial score (nSPS) is 13.2. The third kappa shape index (κ3) is 8.24. The van der Waals surface area contributed by atoms with Crippen molar-refractivity contribution < 1.29 is 14.6 Å². The van der Waals surface area contributed by atoms with Gasteiger partial charge in [-0.2, -0.15) is 0 Å². The first-order valence-corrected chi connectivity index (χ1v) is 9.98. The van der Waals surface area contributed by atoms with Crippen LogP contribution in [0.4, 0.5) is 0 Å². The Morgan fingerprint density at radius 1 is 1.18 bits per heavy atom. The number of aliphatic hydroxyl groups is 1. The summed E-state index contributed by atoms with van der Waals surface area (Å²) in [6, 6.07) is 11.4. The number of hydrogen-bond donors (Lipinski definition) is 3. The molecule has 0 aliphatic heterocycles. The summed E-state index contributed by atoms with van der Waals surface area (Å²) in [5.74, 6) is 2.33. The van der Waals surface area contributed by atoms with Gasteiger partial charge in [0, 0.05) is 18.0 Å². The summed E-state index contributed by atoms with van der Waals surface area (Å²) in [6.45, 7) is 6.19. The number of hydrogen-bond acceptors (Lipinski definition) is 5. The number of guanidine groups is 1. The van der Waals surface area contributed by atoms with E-state index in [0.29, 0.717) is 19.1 Å². The van der Waals surface area contributed by atoms with Crippen LogP contribution in [0.1, 0.15) is 25.1 Å². The third-order valence-corrected chi connectivity index (χ3v) is 5.01. The van der Waals surface area contributed by atoms with E-state index in [0.717, 1.165) is 35.9 Å². The third-order valence-electron chi connectivity index (χ3n) is 3.88. The molecular weight excluding hydrogens is 489 g/mol. The molecule has 1 aromatic carbocycles. The van der Waals surface area contributed by atoms with Gasteiger partial charge in [-0.15, -0.1) is 35.3 Å². The van der Waals surface area contributed by atoms with Gasteiger partial charge in [0.25, 0.3) is 0 Å². The summed E-state index contributed by atoms with van der Waals surface area (Å²) < 4.78 is 10.8. The molecule has 2 aromatic rings. The molecule has 0 fully saturated rings. The number of halogens is 1. The van der Waals surface area contributed by atoms with Gasteiger partial charge in [0.2, 0.25) is 0 Å². The molecule has 1 aromatic heterocycles. The molecule has 156 valence electrons. The predicted octanol–water partition coefficient (Wildman–Crippen LogP) is 3.61. The van der Waals surface area contributed by atoms with Crippen molar-refractivity contribution >= 4 is 41.3 Å². The minimum Gasteiger partial charge on any atom is -0.497 e. The van der Waals surface area contributed by atoms with Crippen molar-refractivity contribution in [3.05, 3.63) is 46.7 Å². The van der Waals surface area contributed by atoms with Gasteiger partial charge in [-0.25, -0.2) is 4.99 Å². The van der Waals surface area contributed by atoms with Gasteiger partial charge < -0.3 is 25.2 Å². The lowest BCUT2D eigenvalue weighted by Gasteiger charge is -2.20. The second kappa shape index (κ2) is 12.8. The summed E-state index contributed by atoms with van der Waals surface area (Å²) in [4.78, 5) is 5.42. The topological polar surface area (TPSA) is 75.1 Å². The number of nitrogens with zero attached hydrogens (tertiary/aromatic N) is 1. The Hall–Kier alpha value is -1.52. The second-order valence-corrected chi connectivity index (χ2v) is 7.20. The Balaban J connectivity index is 0.00000392. The molecule has 0 amide bonds. The van der Waals surface area contributed by atoms with E-state index in [9.17, 15) is 5.11 Å². The summed E-state index contributed by atoms with van der Waals surface area (Å²) in [5, 5.41) is 19.0. The highest BCUT2D eigenvalue weighted by molar-refractivity contribution is 14.0. The van der Waals surface area contributed by atoms with Crippen LogP contribution in [-0.2, 0) is 5.60 Å². The molecule has 1 atom stereocenters. The Kier molecular flexibility index (Phi) is 11.2. The minimum atomic E-state index is -0.964. The van der Waals surface area contributed by atoms with Gasteiger partial charge >= 0.3 is 0 Å². The zero-order valence-electron chi connectivity index (χ0n) is 16.6. The summed E-state index contributed by atoms with van der Waals surface area (Å²) >= 11 is 1.54. The SMILES string of the molecule is CCNC(=NCC(C)(O)c1cccs1)NCCCOc1ccc(OC)cc1.I. The van der Waals surface area contributed by atoms with Crippen molar-refractivity contribution in [2.24, 2.45) is 4.99 Å². The molecule has 6 nitrogen and oxygen atoms in total. The fourth-order valence-electron chi connectivity index (χ4n) is 2.38. The van der Waals surface area contributed by atoms with Crippen LogP contribution in [0.2, 0.25) is 0 Å². The number of benzene rings is 1. The maximum Gasteiger partial charge on any atom is 0.191 e. The molecule has 0 aliphatic rings. The number of nitrogens with one attached hydrogen (secondary N) is 2. The lowest BCUT2D eigenvalue weighted by atomic mass is 10.1. The fraction of sp³-hybridized carbons (Fsp3) is 0.450. The smallest absolute Gasteiger partial charge is 0.191 e. The van der Waals surface area contributed by atoms with E-state index in [4.69, 9.17) is 9.47 Å². The Morgan fingerprint density at radius 2 is 1.89 bits per heavy atom. The van der Waals surface area contributed by atoms with E-state index in [1.165, 1.54) is 11.3 Å². The van der Waals surface area contributed by atoms with Gasteiger partial charge in [0.05, 0.1) is 20.3 Å². The summed E-state index contributed by atoms with van der Waals surface area (Å²) in [6.07, 6.45) is 0.831. The first kappa shape index (κ1) is 24.5. The van der Waals surface area contributed by atoms with Gasteiger partial charge in [-0.1, -0.05) is 6.07 Å². The Morgan fingerprint density at radius 3 is 2.50 bits per heavy atom. The first-order valence-electron chi connectivity index (χ1n) is 9.10. The highest BCUT2D eigenvalue weighted by atomic mass is 127. The fourth-order valence-corrected chi connectivity index (χ4v) is 3.16. The molecule has 0 saturated heterocycles. The quantitative estimate of drug-likeness (QED) is 0.194. The van der Waals surface area contributed by atoms with Crippen LogP contribution < -0.4 is 20.1 Å². The lowest BCUT2D eigenvalue weighted by Crippen LogP contribution is -2.39. The van der Waals surface area contributed by atoms with Crippen molar-refractivity contribution in [1.82, 2.24) is 10.6 Å². The van der Waals surface area contributed by atoms with E-state index < -0.39 is 5.60 Å². The van der Waals surface area contributed by atoms with Crippen LogP contribution in [0, 0.1) is 0 Å². The molecule has 0 saturated carbocycles. The molecule has 0 spiro atoms. The van der Waals surface area contributed by atoms with Crippen LogP contribution in [0.5, 0.6) is 11.5 Å². The second-order valence-electron chi connectivity index (χ2n) is 6.25.